The van der Waals surface area contributed by atoms with Gasteiger partial charge in [0.25, 0.3) is 0 Å². The molecule has 2 rings (SSSR count). The number of nitrogens with zero attached hydrogens (tertiary/aromatic N) is 1. The van der Waals surface area contributed by atoms with Gasteiger partial charge < -0.3 is 15.2 Å². The van der Waals surface area contributed by atoms with Gasteiger partial charge in [-0.3, -0.25) is 4.90 Å². The van der Waals surface area contributed by atoms with Gasteiger partial charge in [-0.15, -0.1) is 0 Å². The molecule has 7 heteroatoms. The molecule has 0 unspecified atom stereocenters. The highest BCUT2D eigenvalue weighted by molar-refractivity contribution is 7.80. The Morgan fingerprint density at radius 2 is 1.88 bits per heavy atom. The van der Waals surface area contributed by atoms with Gasteiger partial charge in [-0.05, 0) is 32.9 Å². The molecule has 2 N–H and O–H groups in total. The summed E-state index contributed by atoms with van der Waals surface area (Å²) >= 11 is 5.04. The zero-order valence-corrected chi connectivity index (χ0v) is 14.8. The molecule has 2 atom stereocenters. The topological polar surface area (TPSA) is 81.9 Å². The molecule has 130 valence electrons. The Morgan fingerprint density at radius 1 is 1.25 bits per heavy atom. The molecule has 6 nitrogen and oxygen atoms in total. The molecule has 0 bridgehead atoms. The SMILES string of the molecule is CC(C)(C)OC(=O)N1C[C@@H](OC(=O)c2ccccc2)C[C@@H]1C(N)=S. The van der Waals surface area contributed by atoms with Crippen LogP contribution in [0, 0.1) is 0 Å². The fourth-order valence-electron chi connectivity index (χ4n) is 2.47. The fraction of sp³-hybridized carbons (Fsp3) is 0.471. The zero-order valence-electron chi connectivity index (χ0n) is 14.0. The van der Waals surface area contributed by atoms with Crippen LogP contribution in [0.3, 0.4) is 0 Å². The molecule has 0 aromatic heterocycles. The second-order valence-corrected chi connectivity index (χ2v) is 7.15. The van der Waals surface area contributed by atoms with Crippen LogP contribution in [0.15, 0.2) is 30.3 Å². The van der Waals surface area contributed by atoms with Gasteiger partial charge in [0.15, 0.2) is 0 Å². The van der Waals surface area contributed by atoms with E-state index in [2.05, 4.69) is 0 Å². The molecule has 1 heterocycles. The highest BCUT2D eigenvalue weighted by atomic mass is 32.1. The molecule has 1 saturated heterocycles. The minimum Gasteiger partial charge on any atom is -0.457 e. The average Bonchev–Trinajstić information content (AvgIpc) is 2.90. The summed E-state index contributed by atoms with van der Waals surface area (Å²) in [5.41, 5.74) is 5.57. The van der Waals surface area contributed by atoms with Crippen LogP contribution in [0.2, 0.25) is 0 Å². The Morgan fingerprint density at radius 3 is 2.42 bits per heavy atom. The summed E-state index contributed by atoms with van der Waals surface area (Å²) in [4.78, 5) is 26.1. The number of thiocarbonyl (C=S) groups is 1. The lowest BCUT2D eigenvalue weighted by molar-refractivity contribution is 0.0179. The van der Waals surface area contributed by atoms with Crippen LogP contribution in [0.4, 0.5) is 4.79 Å². The van der Waals surface area contributed by atoms with E-state index in [9.17, 15) is 9.59 Å². The molecule has 1 aromatic carbocycles. The number of likely N-dealkylation sites (tertiary alicyclic amines) is 1. The zero-order chi connectivity index (χ0) is 17.9. The fourth-order valence-corrected chi connectivity index (χ4v) is 2.69. The van der Waals surface area contributed by atoms with Crippen LogP contribution in [0.1, 0.15) is 37.6 Å². The van der Waals surface area contributed by atoms with E-state index in [0.29, 0.717) is 12.0 Å². The Labute approximate surface area is 146 Å². The first-order chi connectivity index (χ1) is 11.2. The quantitative estimate of drug-likeness (QED) is 0.666. The van der Waals surface area contributed by atoms with Crippen molar-refractivity contribution in [2.24, 2.45) is 5.73 Å². The third-order valence-electron chi connectivity index (χ3n) is 3.50. The van der Waals surface area contributed by atoms with Gasteiger partial charge in [0.05, 0.1) is 23.1 Å². The van der Waals surface area contributed by atoms with E-state index in [1.165, 1.54) is 4.90 Å². The number of ether oxygens (including phenoxy) is 2. The number of carbonyl (C=O) groups excluding carboxylic acids is 2. The summed E-state index contributed by atoms with van der Waals surface area (Å²) in [6.45, 7) is 5.55. The van der Waals surface area contributed by atoms with E-state index < -0.39 is 29.8 Å². The second-order valence-electron chi connectivity index (χ2n) is 6.68. The predicted molar refractivity (Wildman–Crippen MR) is 93.8 cm³/mol. The van der Waals surface area contributed by atoms with Gasteiger partial charge in [0, 0.05) is 6.42 Å². The van der Waals surface area contributed by atoms with Crippen molar-refractivity contribution in [1.82, 2.24) is 4.90 Å². The van der Waals surface area contributed by atoms with Crippen LogP contribution in [0.25, 0.3) is 0 Å². The van der Waals surface area contributed by atoms with E-state index in [-0.39, 0.29) is 11.5 Å². The molecule has 1 aliphatic rings. The molecule has 0 saturated carbocycles. The summed E-state index contributed by atoms with van der Waals surface area (Å²) in [6, 6.07) is 8.21. The summed E-state index contributed by atoms with van der Waals surface area (Å²) in [5, 5.41) is 0. The number of esters is 1. The number of amides is 1. The summed E-state index contributed by atoms with van der Waals surface area (Å²) in [6.07, 6.45) is -0.622. The number of hydrogen-bond donors (Lipinski definition) is 1. The predicted octanol–water partition coefficient (Wildman–Crippen LogP) is 2.51. The minimum absolute atomic E-state index is 0.180. The Hall–Kier alpha value is -2.15. The Balaban J connectivity index is 2.05. The average molecular weight is 350 g/mol. The van der Waals surface area contributed by atoms with Crippen LogP contribution in [-0.2, 0) is 9.47 Å². The number of benzene rings is 1. The van der Waals surface area contributed by atoms with Crippen molar-refractivity contribution in [3.05, 3.63) is 35.9 Å². The summed E-state index contributed by atoms with van der Waals surface area (Å²) in [5.74, 6) is -0.437. The molecule has 1 aromatic rings. The van der Waals surface area contributed by atoms with E-state index in [1.807, 2.05) is 6.07 Å². The van der Waals surface area contributed by atoms with Gasteiger partial charge in [0.2, 0.25) is 0 Å². The third kappa shape index (κ3) is 4.67. The lowest BCUT2D eigenvalue weighted by Gasteiger charge is -2.27. The lowest BCUT2D eigenvalue weighted by Crippen LogP contribution is -2.45. The maximum atomic E-state index is 12.3. The van der Waals surface area contributed by atoms with E-state index in [4.69, 9.17) is 27.4 Å². The molecule has 0 radical (unpaired) electrons. The first kappa shape index (κ1) is 18.2. The number of rotatable bonds is 3. The molecule has 24 heavy (non-hydrogen) atoms. The highest BCUT2D eigenvalue weighted by Gasteiger charge is 2.40. The van der Waals surface area contributed by atoms with Crippen molar-refractivity contribution in [1.29, 1.82) is 0 Å². The van der Waals surface area contributed by atoms with Crippen molar-refractivity contribution >= 4 is 29.3 Å². The van der Waals surface area contributed by atoms with E-state index in [0.717, 1.165) is 0 Å². The van der Waals surface area contributed by atoms with E-state index >= 15 is 0 Å². The first-order valence-corrected chi connectivity index (χ1v) is 8.13. The van der Waals surface area contributed by atoms with Gasteiger partial charge in [-0.2, -0.15) is 0 Å². The lowest BCUT2D eigenvalue weighted by atomic mass is 10.2. The van der Waals surface area contributed by atoms with Gasteiger partial charge in [-0.1, -0.05) is 30.4 Å². The minimum atomic E-state index is -0.628. The standard InChI is InChI=1S/C17H22N2O4S/c1-17(2,3)23-16(21)19-10-12(9-13(19)14(18)24)22-15(20)11-7-5-4-6-8-11/h4-8,12-13H,9-10H2,1-3H3,(H2,18,24)/t12-,13+/m0/s1. The molecular weight excluding hydrogens is 328 g/mol. The van der Waals surface area contributed by atoms with Crippen LogP contribution in [0.5, 0.6) is 0 Å². The smallest absolute Gasteiger partial charge is 0.411 e. The maximum Gasteiger partial charge on any atom is 0.411 e. The van der Waals surface area contributed by atoms with Crippen molar-refractivity contribution < 1.29 is 19.1 Å². The number of hydrogen-bond acceptors (Lipinski definition) is 5. The highest BCUT2D eigenvalue weighted by Crippen LogP contribution is 2.24. The summed E-state index contributed by atoms with van der Waals surface area (Å²) in [7, 11) is 0. The van der Waals surface area contributed by atoms with Crippen LogP contribution < -0.4 is 5.73 Å². The molecule has 1 aliphatic heterocycles. The van der Waals surface area contributed by atoms with Gasteiger partial charge in [-0.25, -0.2) is 9.59 Å². The van der Waals surface area contributed by atoms with Crippen molar-refractivity contribution in [3.63, 3.8) is 0 Å². The Kier molecular flexibility index (Phi) is 5.43. The molecule has 1 amide bonds. The van der Waals surface area contributed by atoms with Crippen molar-refractivity contribution in [2.75, 3.05) is 6.54 Å². The van der Waals surface area contributed by atoms with Crippen molar-refractivity contribution in [3.8, 4) is 0 Å². The molecular formula is C17H22N2O4S. The second kappa shape index (κ2) is 7.17. The largest absolute Gasteiger partial charge is 0.457 e. The first-order valence-electron chi connectivity index (χ1n) is 7.72. The third-order valence-corrected chi connectivity index (χ3v) is 3.77. The Bertz CT molecular complexity index is 627. The van der Waals surface area contributed by atoms with Crippen molar-refractivity contribution in [2.45, 2.75) is 44.9 Å². The van der Waals surface area contributed by atoms with E-state index in [1.54, 1.807) is 45.0 Å². The molecule has 0 aliphatic carbocycles. The summed E-state index contributed by atoms with van der Waals surface area (Å²) < 4.78 is 10.9. The van der Waals surface area contributed by atoms with Gasteiger partial charge in [0.1, 0.15) is 11.7 Å². The van der Waals surface area contributed by atoms with Gasteiger partial charge >= 0.3 is 12.1 Å². The number of carbonyl (C=O) groups is 2. The molecule has 1 fully saturated rings. The van der Waals surface area contributed by atoms with Crippen LogP contribution in [-0.4, -0.2) is 46.2 Å². The normalized spacial score (nSPS) is 20.5. The maximum absolute atomic E-state index is 12.3. The number of nitrogens with two attached hydrogens (primary N) is 1. The van der Waals surface area contributed by atoms with Crippen LogP contribution >= 0.6 is 12.2 Å². The monoisotopic (exact) mass is 350 g/mol. The molecule has 0 spiro atoms.